The van der Waals surface area contributed by atoms with E-state index in [1.54, 1.807) is 0 Å². The summed E-state index contributed by atoms with van der Waals surface area (Å²) in [7, 11) is 0. The highest BCUT2D eigenvalue weighted by Gasteiger charge is 2.41. The molecule has 1 aliphatic rings. The average Bonchev–Trinajstić information content (AvgIpc) is 2.48. The summed E-state index contributed by atoms with van der Waals surface area (Å²) in [6.45, 7) is 8.07. The quantitative estimate of drug-likeness (QED) is 0.666. The molecule has 0 spiro atoms. The Balaban J connectivity index is 2.19. The lowest BCUT2D eigenvalue weighted by atomic mass is 9.91. The van der Waals surface area contributed by atoms with Crippen LogP contribution in [0.3, 0.4) is 0 Å². The Hall–Kier alpha value is -0.380. The molecule has 21 heavy (non-hydrogen) atoms. The van der Waals surface area contributed by atoms with Gasteiger partial charge in [0, 0.05) is 22.7 Å². The molecule has 2 rings (SSSR count). The highest BCUT2D eigenvalue weighted by Crippen LogP contribution is 2.40. The van der Waals surface area contributed by atoms with Crippen molar-refractivity contribution in [2.75, 3.05) is 18.5 Å². The van der Waals surface area contributed by atoms with Crippen LogP contribution < -0.4 is 0 Å². The molecule has 0 aliphatic carbocycles. The van der Waals surface area contributed by atoms with Crippen LogP contribution in [0, 0.1) is 5.41 Å². The van der Waals surface area contributed by atoms with Crippen LogP contribution in [0.25, 0.3) is 0 Å². The SMILES string of the molecule is CCCc1ccc(C2(CCCBr)OCC(C)(C)CO2)cc1. The first-order valence-corrected chi connectivity index (χ1v) is 9.07. The monoisotopic (exact) mass is 354 g/mol. The third-order valence-electron chi connectivity index (χ3n) is 3.96. The fourth-order valence-corrected chi connectivity index (χ4v) is 2.96. The second-order valence-corrected chi connectivity index (χ2v) is 7.53. The van der Waals surface area contributed by atoms with Crippen molar-refractivity contribution < 1.29 is 9.47 Å². The highest BCUT2D eigenvalue weighted by atomic mass is 79.9. The van der Waals surface area contributed by atoms with Crippen molar-refractivity contribution in [2.45, 2.75) is 52.2 Å². The van der Waals surface area contributed by atoms with Crippen molar-refractivity contribution in [3.05, 3.63) is 35.4 Å². The van der Waals surface area contributed by atoms with Crippen LogP contribution in [-0.4, -0.2) is 18.5 Å². The van der Waals surface area contributed by atoms with Gasteiger partial charge in [-0.3, -0.25) is 0 Å². The first-order chi connectivity index (χ1) is 10.0. The first-order valence-electron chi connectivity index (χ1n) is 7.95. The lowest BCUT2D eigenvalue weighted by molar-refractivity contribution is -0.311. The highest BCUT2D eigenvalue weighted by molar-refractivity contribution is 9.09. The van der Waals surface area contributed by atoms with Crippen molar-refractivity contribution in [1.82, 2.24) is 0 Å². The Labute approximate surface area is 137 Å². The molecule has 1 fully saturated rings. The minimum absolute atomic E-state index is 0.0973. The minimum atomic E-state index is -0.561. The molecule has 1 saturated heterocycles. The lowest BCUT2D eigenvalue weighted by Crippen LogP contribution is -2.45. The van der Waals surface area contributed by atoms with Gasteiger partial charge in [0.2, 0.25) is 0 Å². The maximum absolute atomic E-state index is 6.23. The maximum atomic E-state index is 6.23. The van der Waals surface area contributed by atoms with Crippen LogP contribution in [0.2, 0.25) is 0 Å². The maximum Gasteiger partial charge on any atom is 0.194 e. The molecule has 1 aliphatic heterocycles. The van der Waals surface area contributed by atoms with Gasteiger partial charge in [-0.2, -0.15) is 0 Å². The summed E-state index contributed by atoms with van der Waals surface area (Å²) >= 11 is 3.52. The molecule has 0 radical (unpaired) electrons. The Morgan fingerprint density at radius 2 is 1.71 bits per heavy atom. The van der Waals surface area contributed by atoms with E-state index in [2.05, 4.69) is 61.0 Å². The molecule has 0 N–H and O–H groups in total. The van der Waals surface area contributed by atoms with Crippen LogP contribution in [-0.2, 0) is 21.7 Å². The molecule has 1 aromatic rings. The number of hydrogen-bond donors (Lipinski definition) is 0. The summed E-state index contributed by atoms with van der Waals surface area (Å²) in [4.78, 5) is 0. The molecule has 3 heteroatoms. The van der Waals surface area contributed by atoms with Gasteiger partial charge in [0.1, 0.15) is 0 Å². The molecule has 0 aromatic heterocycles. The zero-order valence-electron chi connectivity index (χ0n) is 13.5. The second kappa shape index (κ2) is 7.26. The summed E-state index contributed by atoms with van der Waals surface area (Å²) in [5, 5.41) is 0.971. The Bertz CT molecular complexity index is 429. The van der Waals surface area contributed by atoms with Crippen molar-refractivity contribution in [3.8, 4) is 0 Å². The fraction of sp³-hybridized carbons (Fsp3) is 0.667. The van der Waals surface area contributed by atoms with E-state index >= 15 is 0 Å². The molecule has 0 saturated carbocycles. The predicted octanol–water partition coefficient (Wildman–Crippen LogP) is 5.04. The van der Waals surface area contributed by atoms with Gasteiger partial charge >= 0.3 is 0 Å². The molecular formula is C18H27BrO2. The minimum Gasteiger partial charge on any atom is -0.345 e. The summed E-state index contributed by atoms with van der Waals surface area (Å²) in [6, 6.07) is 8.78. The number of halogens is 1. The fourth-order valence-electron chi connectivity index (χ4n) is 2.68. The zero-order chi connectivity index (χ0) is 15.3. The molecule has 118 valence electrons. The Kier molecular flexibility index (Phi) is 5.87. The molecule has 1 aromatic carbocycles. The molecule has 1 heterocycles. The summed E-state index contributed by atoms with van der Waals surface area (Å²) in [5.41, 5.74) is 2.63. The van der Waals surface area contributed by atoms with Gasteiger partial charge in [-0.15, -0.1) is 0 Å². The van der Waals surface area contributed by atoms with Gasteiger partial charge in [-0.1, -0.05) is 67.4 Å². The predicted molar refractivity (Wildman–Crippen MR) is 90.8 cm³/mol. The van der Waals surface area contributed by atoms with Crippen LogP contribution >= 0.6 is 15.9 Å². The molecule has 0 bridgehead atoms. The smallest absolute Gasteiger partial charge is 0.194 e. The number of alkyl halides is 1. The van der Waals surface area contributed by atoms with Crippen LogP contribution in [0.15, 0.2) is 24.3 Å². The molecule has 0 amide bonds. The molecule has 2 nitrogen and oxygen atoms in total. The second-order valence-electron chi connectivity index (χ2n) is 6.73. The van der Waals surface area contributed by atoms with Gasteiger partial charge < -0.3 is 9.47 Å². The molecule has 0 atom stereocenters. The van der Waals surface area contributed by atoms with E-state index in [0.717, 1.165) is 43.4 Å². The number of aryl methyl sites for hydroxylation is 1. The third-order valence-corrected chi connectivity index (χ3v) is 4.52. The van der Waals surface area contributed by atoms with E-state index in [0.29, 0.717) is 0 Å². The summed E-state index contributed by atoms with van der Waals surface area (Å²) in [5.74, 6) is -0.561. The molecular weight excluding hydrogens is 328 g/mol. The van der Waals surface area contributed by atoms with Crippen LogP contribution in [0.4, 0.5) is 0 Å². The van der Waals surface area contributed by atoms with E-state index in [-0.39, 0.29) is 5.41 Å². The van der Waals surface area contributed by atoms with E-state index in [4.69, 9.17) is 9.47 Å². The standard InChI is InChI=1S/C18H27BrO2/c1-4-6-15-7-9-16(10-8-15)18(11-5-12-19)20-13-17(2,3)14-21-18/h7-10H,4-6,11-14H2,1-3H3. The van der Waals surface area contributed by atoms with Gasteiger partial charge in [0.25, 0.3) is 0 Å². The topological polar surface area (TPSA) is 18.5 Å². The van der Waals surface area contributed by atoms with E-state index in [1.165, 1.54) is 12.0 Å². The average molecular weight is 355 g/mol. The van der Waals surface area contributed by atoms with Gasteiger partial charge in [0.15, 0.2) is 5.79 Å². The first kappa shape index (κ1) is 17.0. The van der Waals surface area contributed by atoms with Crippen LogP contribution in [0.1, 0.15) is 51.2 Å². The van der Waals surface area contributed by atoms with Crippen molar-refractivity contribution in [2.24, 2.45) is 5.41 Å². The van der Waals surface area contributed by atoms with Crippen molar-refractivity contribution in [3.63, 3.8) is 0 Å². The largest absolute Gasteiger partial charge is 0.345 e. The van der Waals surface area contributed by atoms with Crippen LogP contribution in [0.5, 0.6) is 0 Å². The Morgan fingerprint density at radius 1 is 1.10 bits per heavy atom. The van der Waals surface area contributed by atoms with Gasteiger partial charge in [-0.05, 0) is 18.4 Å². The number of hydrogen-bond acceptors (Lipinski definition) is 2. The summed E-state index contributed by atoms with van der Waals surface area (Å²) < 4.78 is 12.5. The Morgan fingerprint density at radius 3 is 2.24 bits per heavy atom. The van der Waals surface area contributed by atoms with Crippen molar-refractivity contribution in [1.29, 1.82) is 0 Å². The molecule has 0 unspecified atom stereocenters. The zero-order valence-corrected chi connectivity index (χ0v) is 15.0. The number of benzene rings is 1. The lowest BCUT2D eigenvalue weighted by Gasteiger charge is -2.44. The van der Waals surface area contributed by atoms with Gasteiger partial charge in [-0.25, -0.2) is 0 Å². The number of rotatable bonds is 6. The summed E-state index contributed by atoms with van der Waals surface area (Å²) in [6.07, 6.45) is 4.23. The number of ether oxygens (including phenoxy) is 2. The third kappa shape index (κ3) is 4.30. The van der Waals surface area contributed by atoms with Crippen molar-refractivity contribution >= 4 is 15.9 Å². The van der Waals surface area contributed by atoms with E-state index in [9.17, 15) is 0 Å². The normalized spacial score (nSPS) is 20.4. The van der Waals surface area contributed by atoms with Gasteiger partial charge in [0.05, 0.1) is 13.2 Å². The van der Waals surface area contributed by atoms with E-state index in [1.807, 2.05) is 0 Å². The van der Waals surface area contributed by atoms with E-state index < -0.39 is 5.79 Å².